The predicted octanol–water partition coefficient (Wildman–Crippen LogP) is 3.80. The zero-order valence-electron chi connectivity index (χ0n) is 12.7. The van der Waals surface area contributed by atoms with Crippen LogP contribution in [0, 0.1) is 5.41 Å². The highest BCUT2D eigenvalue weighted by Gasteiger charge is 2.23. The lowest BCUT2D eigenvalue weighted by Gasteiger charge is -2.33. The molecule has 19 heavy (non-hydrogen) atoms. The first-order valence-electron chi connectivity index (χ1n) is 7.13. The minimum Gasteiger partial charge on any atom is -0.316 e. The molecule has 1 rings (SSSR count). The van der Waals surface area contributed by atoms with Crippen molar-refractivity contribution in [3.05, 3.63) is 34.9 Å². The van der Waals surface area contributed by atoms with E-state index in [-0.39, 0.29) is 0 Å². The van der Waals surface area contributed by atoms with E-state index in [1.54, 1.807) is 0 Å². The molecule has 0 aliphatic rings. The van der Waals surface area contributed by atoms with Gasteiger partial charge in [0.25, 0.3) is 0 Å². The Kier molecular flexibility index (Phi) is 6.84. The van der Waals surface area contributed by atoms with Crippen molar-refractivity contribution in [2.24, 2.45) is 5.41 Å². The van der Waals surface area contributed by atoms with Gasteiger partial charge in [-0.3, -0.25) is 0 Å². The first-order valence-corrected chi connectivity index (χ1v) is 7.50. The lowest BCUT2D eigenvalue weighted by atomic mass is 9.86. The molecule has 0 radical (unpaired) electrons. The number of nitrogens with one attached hydrogen (secondary N) is 1. The van der Waals surface area contributed by atoms with E-state index in [0.717, 1.165) is 31.2 Å². The molecule has 1 unspecified atom stereocenters. The molecule has 1 aromatic rings. The zero-order valence-corrected chi connectivity index (χ0v) is 13.4. The minimum atomic E-state index is 0.331. The van der Waals surface area contributed by atoms with Crippen LogP contribution in [-0.4, -0.2) is 31.6 Å². The number of nitrogens with zero attached hydrogens (tertiary/aromatic N) is 1. The lowest BCUT2D eigenvalue weighted by Crippen LogP contribution is -2.40. The molecule has 1 aromatic carbocycles. The van der Waals surface area contributed by atoms with Gasteiger partial charge in [0, 0.05) is 24.7 Å². The molecular weight excluding hydrogens is 256 g/mol. The van der Waals surface area contributed by atoms with E-state index in [4.69, 9.17) is 11.6 Å². The van der Waals surface area contributed by atoms with Gasteiger partial charge in [0.15, 0.2) is 0 Å². The van der Waals surface area contributed by atoms with E-state index >= 15 is 0 Å². The van der Waals surface area contributed by atoms with Crippen molar-refractivity contribution in [2.45, 2.75) is 33.7 Å². The molecule has 0 aromatic heterocycles. The van der Waals surface area contributed by atoms with Gasteiger partial charge in [-0.05, 0) is 43.1 Å². The van der Waals surface area contributed by atoms with Crippen LogP contribution in [0.4, 0.5) is 0 Å². The van der Waals surface area contributed by atoms with Crippen molar-refractivity contribution in [2.75, 3.05) is 26.7 Å². The van der Waals surface area contributed by atoms with Crippen LogP contribution < -0.4 is 5.32 Å². The van der Waals surface area contributed by atoms with Gasteiger partial charge in [0.2, 0.25) is 0 Å². The van der Waals surface area contributed by atoms with Crippen LogP contribution >= 0.6 is 11.6 Å². The number of halogens is 1. The fourth-order valence-electron chi connectivity index (χ4n) is 2.33. The molecule has 0 spiro atoms. The Morgan fingerprint density at radius 3 is 2.37 bits per heavy atom. The summed E-state index contributed by atoms with van der Waals surface area (Å²) in [5, 5.41) is 4.28. The summed E-state index contributed by atoms with van der Waals surface area (Å²) in [4.78, 5) is 2.39. The molecule has 2 nitrogen and oxygen atoms in total. The Balaban J connectivity index is 2.52. The van der Waals surface area contributed by atoms with Gasteiger partial charge in [0.1, 0.15) is 0 Å². The van der Waals surface area contributed by atoms with Gasteiger partial charge >= 0.3 is 0 Å². The smallest absolute Gasteiger partial charge is 0.0406 e. The van der Waals surface area contributed by atoms with Crippen LogP contribution in [0.25, 0.3) is 0 Å². The van der Waals surface area contributed by atoms with Crippen LogP contribution in [0.3, 0.4) is 0 Å². The van der Waals surface area contributed by atoms with Crippen LogP contribution in [0.1, 0.15) is 32.8 Å². The van der Waals surface area contributed by atoms with Crippen molar-refractivity contribution >= 4 is 11.6 Å². The maximum atomic E-state index is 5.91. The highest BCUT2D eigenvalue weighted by atomic mass is 35.5. The largest absolute Gasteiger partial charge is 0.316 e. The monoisotopic (exact) mass is 282 g/mol. The summed E-state index contributed by atoms with van der Waals surface area (Å²) in [7, 11) is 2.19. The third-order valence-corrected chi connectivity index (χ3v) is 3.92. The van der Waals surface area contributed by atoms with E-state index in [1.165, 1.54) is 12.0 Å². The molecule has 0 heterocycles. The maximum absolute atomic E-state index is 5.91. The van der Waals surface area contributed by atoms with Gasteiger partial charge in [-0.25, -0.2) is 0 Å². The van der Waals surface area contributed by atoms with Gasteiger partial charge in [-0.2, -0.15) is 0 Å². The summed E-state index contributed by atoms with van der Waals surface area (Å²) in [6.45, 7) is 11.0. The highest BCUT2D eigenvalue weighted by molar-refractivity contribution is 6.30. The van der Waals surface area contributed by atoms with Gasteiger partial charge in [-0.1, -0.05) is 44.5 Å². The summed E-state index contributed by atoms with van der Waals surface area (Å²) < 4.78 is 0. The topological polar surface area (TPSA) is 15.3 Å². The Morgan fingerprint density at radius 2 is 1.84 bits per heavy atom. The second-order valence-electron chi connectivity index (χ2n) is 5.74. The Morgan fingerprint density at radius 1 is 1.21 bits per heavy atom. The van der Waals surface area contributed by atoms with Crippen molar-refractivity contribution in [1.82, 2.24) is 10.2 Å². The van der Waals surface area contributed by atoms with E-state index in [9.17, 15) is 0 Å². The Labute approximate surface area is 123 Å². The molecule has 0 fully saturated rings. The first-order chi connectivity index (χ1) is 8.99. The SMILES string of the molecule is CCNCC(C)(CC)CN(C)Cc1ccc(Cl)cc1. The molecule has 0 saturated carbocycles. The summed E-state index contributed by atoms with van der Waals surface area (Å²) in [6.07, 6.45) is 1.19. The number of hydrogen-bond acceptors (Lipinski definition) is 2. The molecule has 3 heteroatoms. The van der Waals surface area contributed by atoms with Gasteiger partial charge in [-0.15, -0.1) is 0 Å². The van der Waals surface area contributed by atoms with Crippen molar-refractivity contribution in [3.8, 4) is 0 Å². The van der Waals surface area contributed by atoms with Crippen molar-refractivity contribution in [3.63, 3.8) is 0 Å². The number of benzene rings is 1. The van der Waals surface area contributed by atoms with Crippen LogP contribution in [0.2, 0.25) is 5.02 Å². The third-order valence-electron chi connectivity index (χ3n) is 3.67. The minimum absolute atomic E-state index is 0.331. The average Bonchev–Trinajstić information content (AvgIpc) is 2.39. The van der Waals surface area contributed by atoms with Gasteiger partial charge in [0.05, 0.1) is 0 Å². The molecule has 0 aliphatic heterocycles. The average molecular weight is 283 g/mol. The van der Waals surface area contributed by atoms with E-state index in [2.05, 4.69) is 50.2 Å². The van der Waals surface area contributed by atoms with Crippen LogP contribution in [0.5, 0.6) is 0 Å². The fourth-order valence-corrected chi connectivity index (χ4v) is 2.45. The Bertz CT molecular complexity index is 364. The molecular formula is C16H27ClN2. The summed E-state index contributed by atoms with van der Waals surface area (Å²) in [6, 6.07) is 8.13. The second-order valence-corrected chi connectivity index (χ2v) is 6.18. The summed E-state index contributed by atoms with van der Waals surface area (Å²) in [5.74, 6) is 0. The van der Waals surface area contributed by atoms with Crippen molar-refractivity contribution in [1.29, 1.82) is 0 Å². The highest BCUT2D eigenvalue weighted by Crippen LogP contribution is 2.22. The lowest BCUT2D eigenvalue weighted by molar-refractivity contribution is 0.176. The quantitative estimate of drug-likeness (QED) is 0.780. The van der Waals surface area contributed by atoms with Crippen LogP contribution in [-0.2, 0) is 6.54 Å². The Hall–Kier alpha value is -0.570. The second kappa shape index (κ2) is 7.88. The number of rotatable bonds is 8. The van der Waals surface area contributed by atoms with Crippen LogP contribution in [0.15, 0.2) is 24.3 Å². The molecule has 1 atom stereocenters. The van der Waals surface area contributed by atoms with Crippen molar-refractivity contribution < 1.29 is 0 Å². The van der Waals surface area contributed by atoms with E-state index in [1.807, 2.05) is 12.1 Å². The fraction of sp³-hybridized carbons (Fsp3) is 0.625. The molecule has 0 amide bonds. The molecule has 0 aliphatic carbocycles. The zero-order chi connectivity index (χ0) is 14.3. The molecule has 1 N–H and O–H groups in total. The predicted molar refractivity (Wildman–Crippen MR) is 84.7 cm³/mol. The molecule has 108 valence electrons. The first kappa shape index (κ1) is 16.5. The van der Waals surface area contributed by atoms with E-state index < -0.39 is 0 Å². The maximum Gasteiger partial charge on any atom is 0.0406 e. The molecule has 0 bridgehead atoms. The normalized spacial score (nSPS) is 14.6. The molecule has 0 saturated heterocycles. The van der Waals surface area contributed by atoms with E-state index in [0.29, 0.717) is 5.41 Å². The standard InChI is InChI=1S/C16H27ClN2/c1-5-16(3,12-18-6-2)13-19(4)11-14-7-9-15(17)10-8-14/h7-10,18H,5-6,11-13H2,1-4H3. The summed E-state index contributed by atoms with van der Waals surface area (Å²) >= 11 is 5.91. The summed E-state index contributed by atoms with van der Waals surface area (Å²) in [5.41, 5.74) is 1.64. The van der Waals surface area contributed by atoms with Gasteiger partial charge < -0.3 is 10.2 Å². The number of hydrogen-bond donors (Lipinski definition) is 1. The third kappa shape index (κ3) is 5.94.